The molecule has 1 saturated heterocycles. The molecule has 0 aliphatic carbocycles. The Balaban J connectivity index is 1.98. The number of aliphatic hydroxyl groups is 1. The van der Waals surface area contributed by atoms with E-state index in [1.54, 1.807) is 12.1 Å². The molecule has 92 valence electrons. The summed E-state index contributed by atoms with van der Waals surface area (Å²) in [4.78, 5) is 15.7. The number of hydrogen-bond donors (Lipinski definition) is 3. The molecule has 1 amide bonds. The van der Waals surface area contributed by atoms with Gasteiger partial charge in [-0.05, 0) is 25.1 Å². The van der Waals surface area contributed by atoms with Crippen LogP contribution in [0.3, 0.4) is 0 Å². The SMILES string of the molecule is O=C(N[C@@H]1CCNC[C@H]1O)c1ccc(Cl)cn1. The Morgan fingerprint density at radius 2 is 2.41 bits per heavy atom. The lowest BCUT2D eigenvalue weighted by molar-refractivity contribution is 0.0761. The molecule has 1 aromatic heterocycles. The minimum Gasteiger partial charge on any atom is -0.390 e. The van der Waals surface area contributed by atoms with Crippen LogP contribution in [0, 0.1) is 0 Å². The third-order valence-electron chi connectivity index (χ3n) is 2.73. The molecule has 1 aromatic rings. The zero-order chi connectivity index (χ0) is 12.3. The number of amides is 1. The van der Waals surface area contributed by atoms with Gasteiger partial charge in [-0.25, -0.2) is 4.98 Å². The van der Waals surface area contributed by atoms with Crippen LogP contribution in [0.2, 0.25) is 5.02 Å². The van der Waals surface area contributed by atoms with Crippen molar-refractivity contribution in [2.24, 2.45) is 0 Å². The van der Waals surface area contributed by atoms with Crippen molar-refractivity contribution in [2.75, 3.05) is 13.1 Å². The highest BCUT2D eigenvalue weighted by Crippen LogP contribution is 2.08. The van der Waals surface area contributed by atoms with E-state index in [0.717, 1.165) is 6.54 Å². The molecule has 0 radical (unpaired) electrons. The molecule has 5 nitrogen and oxygen atoms in total. The third kappa shape index (κ3) is 3.15. The van der Waals surface area contributed by atoms with Crippen molar-refractivity contribution in [2.45, 2.75) is 18.6 Å². The van der Waals surface area contributed by atoms with Gasteiger partial charge in [0, 0.05) is 12.7 Å². The average molecular weight is 256 g/mol. The van der Waals surface area contributed by atoms with E-state index in [1.807, 2.05) is 0 Å². The van der Waals surface area contributed by atoms with E-state index in [2.05, 4.69) is 15.6 Å². The van der Waals surface area contributed by atoms with E-state index in [1.165, 1.54) is 6.20 Å². The fourth-order valence-electron chi connectivity index (χ4n) is 1.76. The second-order valence-corrected chi connectivity index (χ2v) is 4.44. The number of carbonyl (C=O) groups is 1. The second-order valence-electron chi connectivity index (χ2n) is 4.00. The maximum Gasteiger partial charge on any atom is 0.270 e. The lowest BCUT2D eigenvalue weighted by Gasteiger charge is -2.28. The van der Waals surface area contributed by atoms with Crippen molar-refractivity contribution in [1.29, 1.82) is 0 Å². The second kappa shape index (κ2) is 5.44. The van der Waals surface area contributed by atoms with Crippen molar-refractivity contribution in [3.63, 3.8) is 0 Å². The summed E-state index contributed by atoms with van der Waals surface area (Å²) in [6.07, 6.45) is 1.58. The summed E-state index contributed by atoms with van der Waals surface area (Å²) in [6, 6.07) is 2.95. The molecule has 3 N–H and O–H groups in total. The zero-order valence-corrected chi connectivity index (χ0v) is 9.94. The summed E-state index contributed by atoms with van der Waals surface area (Å²) in [5.41, 5.74) is 0.306. The smallest absolute Gasteiger partial charge is 0.270 e. The fourth-order valence-corrected chi connectivity index (χ4v) is 1.87. The highest BCUT2D eigenvalue weighted by Gasteiger charge is 2.24. The summed E-state index contributed by atoms with van der Waals surface area (Å²) < 4.78 is 0. The maximum absolute atomic E-state index is 11.8. The standard InChI is InChI=1S/C11H14ClN3O2/c12-7-1-2-9(14-5-7)11(17)15-8-3-4-13-6-10(8)16/h1-2,5,8,10,13,16H,3-4,6H2,(H,15,17)/t8-,10-/m1/s1. The maximum atomic E-state index is 11.8. The Bertz CT molecular complexity index is 396. The van der Waals surface area contributed by atoms with Gasteiger partial charge in [-0.2, -0.15) is 0 Å². The van der Waals surface area contributed by atoms with Gasteiger partial charge < -0.3 is 15.7 Å². The van der Waals surface area contributed by atoms with E-state index in [-0.39, 0.29) is 11.9 Å². The summed E-state index contributed by atoms with van der Waals surface area (Å²) in [7, 11) is 0. The Hall–Kier alpha value is -1.17. The van der Waals surface area contributed by atoms with Gasteiger partial charge in [0.05, 0.1) is 17.2 Å². The van der Waals surface area contributed by atoms with E-state index in [0.29, 0.717) is 23.7 Å². The van der Waals surface area contributed by atoms with Gasteiger partial charge in [-0.1, -0.05) is 11.6 Å². The first-order valence-electron chi connectivity index (χ1n) is 5.48. The molecular formula is C11H14ClN3O2. The van der Waals surface area contributed by atoms with Crippen molar-refractivity contribution >= 4 is 17.5 Å². The van der Waals surface area contributed by atoms with E-state index in [9.17, 15) is 9.90 Å². The van der Waals surface area contributed by atoms with Gasteiger partial charge in [-0.15, -0.1) is 0 Å². The minimum absolute atomic E-state index is 0.221. The molecule has 6 heteroatoms. The largest absolute Gasteiger partial charge is 0.390 e. The molecular weight excluding hydrogens is 242 g/mol. The number of hydrogen-bond acceptors (Lipinski definition) is 4. The number of piperidine rings is 1. The van der Waals surface area contributed by atoms with Gasteiger partial charge >= 0.3 is 0 Å². The summed E-state index contributed by atoms with van der Waals surface area (Å²) in [5.74, 6) is -0.285. The van der Waals surface area contributed by atoms with Crippen LogP contribution in [0.25, 0.3) is 0 Å². The monoisotopic (exact) mass is 255 g/mol. The number of aromatic nitrogens is 1. The molecule has 1 aliphatic rings. The first kappa shape index (κ1) is 12.3. The summed E-state index contributed by atoms with van der Waals surface area (Å²) in [6.45, 7) is 1.29. The van der Waals surface area contributed by atoms with Gasteiger partial charge in [0.15, 0.2) is 0 Å². The normalized spacial score (nSPS) is 24.4. The van der Waals surface area contributed by atoms with Crippen LogP contribution < -0.4 is 10.6 Å². The van der Waals surface area contributed by atoms with Crippen molar-refractivity contribution in [3.8, 4) is 0 Å². The van der Waals surface area contributed by atoms with Crippen LogP contribution in [0.15, 0.2) is 18.3 Å². The average Bonchev–Trinajstić information content (AvgIpc) is 2.33. The van der Waals surface area contributed by atoms with Gasteiger partial charge in [0.1, 0.15) is 5.69 Å². The van der Waals surface area contributed by atoms with E-state index >= 15 is 0 Å². The lowest BCUT2D eigenvalue weighted by atomic mass is 10.0. The number of β-amino-alcohol motifs (C(OH)–C–C–N with tert-alkyl or cyclic N) is 1. The van der Waals surface area contributed by atoms with Crippen LogP contribution >= 0.6 is 11.6 Å². The zero-order valence-electron chi connectivity index (χ0n) is 9.19. The number of halogens is 1. The van der Waals surface area contributed by atoms with Crippen LogP contribution in [-0.2, 0) is 0 Å². The van der Waals surface area contributed by atoms with Crippen molar-refractivity contribution < 1.29 is 9.90 Å². The predicted molar refractivity (Wildman–Crippen MR) is 64.0 cm³/mol. The van der Waals surface area contributed by atoms with Crippen molar-refractivity contribution in [1.82, 2.24) is 15.6 Å². The third-order valence-corrected chi connectivity index (χ3v) is 2.95. The first-order chi connectivity index (χ1) is 8.16. The Kier molecular flexibility index (Phi) is 3.93. The van der Waals surface area contributed by atoms with Crippen LogP contribution in [0.5, 0.6) is 0 Å². The highest BCUT2D eigenvalue weighted by molar-refractivity contribution is 6.30. The van der Waals surface area contributed by atoms with Crippen LogP contribution in [0.1, 0.15) is 16.9 Å². The predicted octanol–water partition coefficient (Wildman–Crippen LogP) is 0.188. The minimum atomic E-state index is -0.556. The molecule has 1 aliphatic heterocycles. The Morgan fingerprint density at radius 3 is 3.06 bits per heavy atom. The fraction of sp³-hybridized carbons (Fsp3) is 0.455. The Labute approximate surface area is 104 Å². The summed E-state index contributed by atoms with van der Waals surface area (Å²) in [5, 5.41) is 16.0. The quantitative estimate of drug-likeness (QED) is 0.705. The highest BCUT2D eigenvalue weighted by atomic mass is 35.5. The molecule has 2 heterocycles. The molecule has 17 heavy (non-hydrogen) atoms. The molecule has 1 fully saturated rings. The molecule has 2 atom stereocenters. The molecule has 2 rings (SSSR count). The van der Waals surface area contributed by atoms with Crippen LogP contribution in [-0.4, -0.2) is 41.2 Å². The lowest BCUT2D eigenvalue weighted by Crippen LogP contribution is -2.52. The van der Waals surface area contributed by atoms with Gasteiger partial charge in [0.25, 0.3) is 5.91 Å². The van der Waals surface area contributed by atoms with Crippen LogP contribution in [0.4, 0.5) is 0 Å². The molecule has 0 saturated carbocycles. The van der Waals surface area contributed by atoms with Crippen molar-refractivity contribution in [3.05, 3.63) is 29.0 Å². The number of nitrogens with one attached hydrogen (secondary N) is 2. The number of aliphatic hydroxyl groups excluding tert-OH is 1. The number of carbonyl (C=O) groups excluding carboxylic acids is 1. The topological polar surface area (TPSA) is 74.2 Å². The molecule has 0 aromatic carbocycles. The Morgan fingerprint density at radius 1 is 1.59 bits per heavy atom. The molecule has 0 spiro atoms. The summed E-state index contributed by atoms with van der Waals surface area (Å²) >= 11 is 5.69. The van der Waals surface area contributed by atoms with E-state index in [4.69, 9.17) is 11.6 Å². The number of pyridine rings is 1. The number of nitrogens with zero attached hydrogens (tertiary/aromatic N) is 1. The van der Waals surface area contributed by atoms with Gasteiger partial charge in [-0.3, -0.25) is 4.79 Å². The molecule has 0 unspecified atom stereocenters. The molecule has 0 bridgehead atoms. The first-order valence-corrected chi connectivity index (χ1v) is 5.86. The van der Waals surface area contributed by atoms with Gasteiger partial charge in [0.2, 0.25) is 0 Å². The van der Waals surface area contributed by atoms with E-state index < -0.39 is 6.10 Å². The number of rotatable bonds is 2.